The highest BCUT2D eigenvalue weighted by molar-refractivity contribution is 5.75. The van der Waals surface area contributed by atoms with Gasteiger partial charge in [-0.15, -0.1) is 0 Å². The first-order chi connectivity index (χ1) is 10.1. The second kappa shape index (κ2) is 9.00. The van der Waals surface area contributed by atoms with Gasteiger partial charge in [0.15, 0.2) is 0 Å². The van der Waals surface area contributed by atoms with Gasteiger partial charge in [-0.2, -0.15) is 10.2 Å². The number of rotatable bonds is 10. The molecular weight excluding hydrogens is 264 g/mol. The van der Waals surface area contributed by atoms with E-state index in [2.05, 4.69) is 36.5 Å². The number of unbranched alkanes of at least 4 members (excludes halogenated alkanes) is 3. The third-order valence-corrected chi connectivity index (χ3v) is 4.53. The van der Waals surface area contributed by atoms with E-state index >= 15 is 0 Å². The normalized spacial score (nSPS) is 20.0. The molecule has 0 saturated carbocycles. The molecule has 1 atom stereocenters. The fourth-order valence-corrected chi connectivity index (χ4v) is 3.02. The zero-order valence-electron chi connectivity index (χ0n) is 14.2. The molecule has 0 aromatic rings. The summed E-state index contributed by atoms with van der Waals surface area (Å²) in [7, 11) is 0. The second-order valence-electron chi connectivity index (χ2n) is 5.99. The quantitative estimate of drug-likeness (QED) is 0.607. The van der Waals surface area contributed by atoms with Crippen LogP contribution in [0.5, 0.6) is 0 Å². The van der Waals surface area contributed by atoms with E-state index in [1.165, 1.54) is 25.7 Å². The number of amides is 1. The average Bonchev–Trinajstić information content (AvgIpc) is 2.82. The predicted molar refractivity (Wildman–Crippen MR) is 85.6 cm³/mol. The molecule has 1 heterocycles. The van der Waals surface area contributed by atoms with Gasteiger partial charge in [0.1, 0.15) is 5.54 Å². The number of carbonyl (C=O) groups excluding carboxylic acids is 1. The lowest BCUT2D eigenvalue weighted by Crippen LogP contribution is -2.51. The van der Waals surface area contributed by atoms with Crippen molar-refractivity contribution < 1.29 is 4.79 Å². The van der Waals surface area contributed by atoms with E-state index < -0.39 is 0 Å². The summed E-state index contributed by atoms with van der Waals surface area (Å²) in [5, 5.41) is 10.5. The molecule has 21 heavy (non-hydrogen) atoms. The lowest BCUT2D eigenvalue weighted by molar-refractivity contribution is -0.127. The smallest absolute Gasteiger partial charge is 0.239 e. The van der Waals surface area contributed by atoms with E-state index in [-0.39, 0.29) is 17.5 Å². The number of hydrogen-bond acceptors (Lipinski definition) is 4. The van der Waals surface area contributed by atoms with Gasteiger partial charge >= 0.3 is 0 Å². The Balaban J connectivity index is 2.67. The van der Waals surface area contributed by atoms with Crippen LogP contribution in [0.3, 0.4) is 0 Å². The highest BCUT2D eigenvalue weighted by atomic mass is 16.2. The Morgan fingerprint density at radius 3 is 2.38 bits per heavy atom. The second-order valence-corrected chi connectivity index (χ2v) is 5.99. The Labute approximate surface area is 129 Å². The van der Waals surface area contributed by atoms with Crippen LogP contribution in [0, 0.1) is 0 Å². The lowest BCUT2D eigenvalue weighted by atomic mass is 9.83. The largest absolute Gasteiger partial charge is 0.273 e. The minimum absolute atomic E-state index is 0.0398. The molecule has 0 bridgehead atoms. The van der Waals surface area contributed by atoms with Gasteiger partial charge in [-0.05, 0) is 25.7 Å². The minimum Gasteiger partial charge on any atom is -0.273 e. The van der Waals surface area contributed by atoms with Crippen LogP contribution in [0.1, 0.15) is 85.5 Å². The van der Waals surface area contributed by atoms with Crippen molar-refractivity contribution in [1.29, 1.82) is 0 Å². The molecular formula is C16H32N4O. The summed E-state index contributed by atoms with van der Waals surface area (Å²) in [6.45, 7) is 8.56. The molecule has 0 spiro atoms. The van der Waals surface area contributed by atoms with Crippen LogP contribution in [0.4, 0.5) is 0 Å². The zero-order valence-corrected chi connectivity index (χ0v) is 14.2. The number of nitrogens with one attached hydrogen (secondary N) is 1. The summed E-state index contributed by atoms with van der Waals surface area (Å²) >= 11 is 0. The van der Waals surface area contributed by atoms with E-state index in [4.69, 9.17) is 0 Å². The Morgan fingerprint density at radius 2 is 1.81 bits per heavy atom. The van der Waals surface area contributed by atoms with Gasteiger partial charge in [0.2, 0.25) is 5.91 Å². The molecule has 1 aliphatic heterocycles. The minimum atomic E-state index is -0.133. The molecule has 5 heteroatoms. The Kier molecular flexibility index (Phi) is 7.68. The standard InChI is InChI=1S/C16H32N4O/c1-5-9-10-11-13-14-16(7-3,8-4)18-19-20(14)17-15(21)12-6-2/h14H,5-13H2,1-4H3,(H,17,21). The third kappa shape index (κ3) is 4.68. The Morgan fingerprint density at radius 1 is 1.10 bits per heavy atom. The van der Waals surface area contributed by atoms with Crippen LogP contribution >= 0.6 is 0 Å². The predicted octanol–water partition coefficient (Wildman–Crippen LogP) is 4.40. The van der Waals surface area contributed by atoms with E-state index in [1.54, 1.807) is 5.12 Å². The molecule has 1 unspecified atom stereocenters. The summed E-state index contributed by atoms with van der Waals surface area (Å²) in [6.07, 6.45) is 9.29. The van der Waals surface area contributed by atoms with Crippen LogP contribution in [0.25, 0.3) is 0 Å². The molecule has 1 N–H and O–H groups in total. The van der Waals surface area contributed by atoms with E-state index in [1.807, 2.05) is 6.92 Å². The Hall–Kier alpha value is -1.13. The van der Waals surface area contributed by atoms with E-state index in [9.17, 15) is 4.79 Å². The summed E-state index contributed by atoms with van der Waals surface area (Å²) in [6, 6.07) is 0.199. The fraction of sp³-hybridized carbons (Fsp3) is 0.938. The maximum Gasteiger partial charge on any atom is 0.239 e. The lowest BCUT2D eigenvalue weighted by Gasteiger charge is -2.33. The van der Waals surface area contributed by atoms with E-state index in [0.717, 1.165) is 25.7 Å². The van der Waals surface area contributed by atoms with E-state index in [0.29, 0.717) is 6.42 Å². The molecule has 1 amide bonds. The van der Waals surface area contributed by atoms with Crippen molar-refractivity contribution in [2.24, 2.45) is 10.3 Å². The van der Waals surface area contributed by atoms with Gasteiger partial charge in [0.05, 0.1) is 6.04 Å². The summed E-state index contributed by atoms with van der Waals surface area (Å²) in [5.74, 6) is 0.0398. The molecule has 0 saturated heterocycles. The van der Waals surface area contributed by atoms with Gasteiger partial charge in [-0.3, -0.25) is 4.79 Å². The number of hydrogen-bond donors (Lipinski definition) is 1. The van der Waals surface area contributed by atoms with Crippen molar-refractivity contribution in [2.75, 3.05) is 0 Å². The van der Waals surface area contributed by atoms with Gasteiger partial charge in [0, 0.05) is 6.42 Å². The molecule has 1 rings (SSSR count). The van der Waals surface area contributed by atoms with Crippen molar-refractivity contribution >= 4 is 5.91 Å². The Bertz CT molecular complexity index is 339. The van der Waals surface area contributed by atoms with Crippen molar-refractivity contribution in [3.63, 3.8) is 0 Å². The first-order valence-electron chi connectivity index (χ1n) is 8.65. The number of nitrogens with zero attached hydrogens (tertiary/aromatic N) is 3. The van der Waals surface area contributed by atoms with Gasteiger partial charge in [-0.25, -0.2) is 5.43 Å². The molecule has 0 radical (unpaired) electrons. The zero-order chi connectivity index (χ0) is 15.7. The third-order valence-electron chi connectivity index (χ3n) is 4.53. The molecule has 0 aromatic heterocycles. The number of hydrazine groups is 1. The van der Waals surface area contributed by atoms with Crippen LogP contribution in [0.15, 0.2) is 10.3 Å². The number of carbonyl (C=O) groups is 1. The molecule has 1 aliphatic rings. The molecule has 122 valence electrons. The topological polar surface area (TPSA) is 57.1 Å². The average molecular weight is 296 g/mol. The van der Waals surface area contributed by atoms with Crippen molar-refractivity contribution in [1.82, 2.24) is 10.5 Å². The van der Waals surface area contributed by atoms with Crippen LogP contribution < -0.4 is 5.43 Å². The molecule has 0 aliphatic carbocycles. The van der Waals surface area contributed by atoms with Gasteiger partial charge in [-0.1, -0.05) is 58.6 Å². The maximum atomic E-state index is 11.9. The van der Waals surface area contributed by atoms with Crippen LogP contribution in [0.2, 0.25) is 0 Å². The van der Waals surface area contributed by atoms with Crippen molar-refractivity contribution in [3.05, 3.63) is 0 Å². The van der Waals surface area contributed by atoms with Crippen molar-refractivity contribution in [3.8, 4) is 0 Å². The highest BCUT2D eigenvalue weighted by Crippen LogP contribution is 2.36. The van der Waals surface area contributed by atoms with Gasteiger partial charge < -0.3 is 0 Å². The first-order valence-corrected chi connectivity index (χ1v) is 8.65. The summed E-state index contributed by atoms with van der Waals surface area (Å²) in [5.41, 5.74) is 2.79. The SMILES string of the molecule is CCCCCCC1N(NC(=O)CCC)N=NC1(CC)CC. The van der Waals surface area contributed by atoms with Crippen LogP contribution in [-0.4, -0.2) is 22.6 Å². The van der Waals surface area contributed by atoms with Crippen molar-refractivity contribution in [2.45, 2.75) is 97.1 Å². The fourth-order valence-electron chi connectivity index (χ4n) is 3.02. The maximum absolute atomic E-state index is 11.9. The molecule has 0 fully saturated rings. The molecule has 0 aromatic carbocycles. The summed E-state index contributed by atoms with van der Waals surface area (Å²) < 4.78 is 0. The molecule has 5 nitrogen and oxygen atoms in total. The first kappa shape index (κ1) is 17.9. The van der Waals surface area contributed by atoms with Crippen LogP contribution in [-0.2, 0) is 4.79 Å². The highest BCUT2D eigenvalue weighted by Gasteiger charge is 2.44. The monoisotopic (exact) mass is 296 g/mol. The van der Waals surface area contributed by atoms with Gasteiger partial charge in [0.25, 0.3) is 0 Å². The summed E-state index contributed by atoms with van der Waals surface area (Å²) in [4.78, 5) is 11.9.